The molecule has 0 saturated carbocycles. The van der Waals surface area contributed by atoms with Crippen molar-refractivity contribution in [2.24, 2.45) is 0 Å². The van der Waals surface area contributed by atoms with E-state index in [2.05, 4.69) is 37.9 Å². The number of nitrogens with one attached hydrogen (secondary N) is 1. The topological polar surface area (TPSA) is 79.0 Å². The van der Waals surface area contributed by atoms with E-state index in [1.807, 2.05) is 12.1 Å². The highest BCUT2D eigenvalue weighted by Gasteiger charge is 2.38. The number of imide groups is 2. The number of anilines is 2. The quantitative estimate of drug-likeness (QED) is 0.484. The Morgan fingerprint density at radius 2 is 1.85 bits per heavy atom. The molecule has 2 aliphatic rings. The number of methoxy groups -OCH3 is 1. The Morgan fingerprint density at radius 3 is 2.47 bits per heavy atom. The monoisotopic (exact) mass is 481 g/mol. The number of nitrogens with zero attached hydrogens (tertiary/aromatic N) is 2. The number of barbiturate groups is 1. The van der Waals surface area contributed by atoms with Crippen LogP contribution < -0.4 is 19.9 Å². The second-order valence-corrected chi connectivity index (χ2v) is 9.66. The molecule has 0 spiro atoms. The Labute approximate surface area is 204 Å². The fourth-order valence-electron chi connectivity index (χ4n) is 5.01. The zero-order chi connectivity index (χ0) is 24.8. The second kappa shape index (κ2) is 8.80. The molecule has 4 rings (SSSR count). The number of hydrogen-bond acceptors (Lipinski definition) is 5. The predicted octanol–water partition coefficient (Wildman–Crippen LogP) is 5.13. The molecule has 7 nitrogen and oxygen atoms in total. The molecule has 0 bridgehead atoms. The number of carbonyl (C=O) groups excluding carboxylic acids is 3. The maximum absolute atomic E-state index is 13.2. The van der Waals surface area contributed by atoms with Gasteiger partial charge in [0.05, 0.1) is 12.8 Å². The van der Waals surface area contributed by atoms with Crippen LogP contribution in [0.15, 0.2) is 42.0 Å². The van der Waals surface area contributed by atoms with Crippen molar-refractivity contribution in [3.63, 3.8) is 0 Å². The summed E-state index contributed by atoms with van der Waals surface area (Å²) in [5.41, 5.74) is 2.90. The summed E-state index contributed by atoms with van der Waals surface area (Å²) in [6.07, 6.45) is 2.43. The molecule has 178 valence electrons. The highest BCUT2D eigenvalue weighted by atomic mass is 35.5. The molecule has 34 heavy (non-hydrogen) atoms. The number of benzene rings is 2. The molecule has 2 heterocycles. The van der Waals surface area contributed by atoms with Crippen molar-refractivity contribution in [3.8, 4) is 5.75 Å². The van der Waals surface area contributed by atoms with E-state index in [4.69, 9.17) is 16.3 Å². The molecule has 1 N–H and O–H groups in total. The van der Waals surface area contributed by atoms with Crippen molar-refractivity contribution >= 4 is 46.9 Å². The number of hydrogen-bond donors (Lipinski definition) is 1. The lowest BCUT2D eigenvalue weighted by Gasteiger charge is -2.47. The Kier molecular flexibility index (Phi) is 6.16. The molecule has 1 atom stereocenters. The van der Waals surface area contributed by atoms with Crippen molar-refractivity contribution in [1.29, 1.82) is 0 Å². The van der Waals surface area contributed by atoms with Gasteiger partial charge in [-0.05, 0) is 86.7 Å². The number of amides is 4. The first-order valence-corrected chi connectivity index (χ1v) is 11.6. The maximum atomic E-state index is 13.2. The van der Waals surface area contributed by atoms with Crippen molar-refractivity contribution in [1.82, 2.24) is 5.32 Å². The highest BCUT2D eigenvalue weighted by molar-refractivity contribution is 6.40. The van der Waals surface area contributed by atoms with Crippen LogP contribution >= 0.6 is 11.6 Å². The van der Waals surface area contributed by atoms with Crippen molar-refractivity contribution < 1.29 is 19.1 Å². The van der Waals surface area contributed by atoms with Crippen LogP contribution in [-0.4, -0.2) is 37.0 Å². The third-order valence-corrected chi connectivity index (χ3v) is 6.88. The molecule has 1 saturated heterocycles. The summed E-state index contributed by atoms with van der Waals surface area (Å²) in [6.45, 7) is 9.55. The first-order chi connectivity index (χ1) is 16.1. The summed E-state index contributed by atoms with van der Waals surface area (Å²) in [6, 6.07) is 9.49. The average Bonchev–Trinajstić information content (AvgIpc) is 2.77. The van der Waals surface area contributed by atoms with E-state index >= 15 is 0 Å². The third kappa shape index (κ3) is 4.05. The maximum Gasteiger partial charge on any atom is 0.335 e. The summed E-state index contributed by atoms with van der Waals surface area (Å²) in [4.78, 5) is 41.6. The van der Waals surface area contributed by atoms with E-state index in [9.17, 15) is 14.4 Å². The van der Waals surface area contributed by atoms with E-state index in [1.165, 1.54) is 13.2 Å². The second-order valence-electron chi connectivity index (χ2n) is 9.25. The number of urea groups is 1. The first kappa shape index (κ1) is 23.8. The molecule has 4 amide bonds. The first-order valence-electron chi connectivity index (χ1n) is 11.2. The Morgan fingerprint density at radius 1 is 1.18 bits per heavy atom. The molecule has 8 heteroatoms. The average molecular weight is 482 g/mol. The SMILES string of the molecule is CCN1c2cc(Cl)c(/C=C3/C(=O)NC(=O)N(c4ccc(OC)cc4)C3=O)cc2C(C)CC1(C)C. The van der Waals surface area contributed by atoms with Crippen LogP contribution in [0.1, 0.15) is 51.2 Å². The van der Waals surface area contributed by atoms with Gasteiger partial charge in [0.15, 0.2) is 0 Å². The molecule has 2 aromatic rings. The molecule has 1 fully saturated rings. The van der Waals surface area contributed by atoms with Gasteiger partial charge < -0.3 is 9.64 Å². The largest absolute Gasteiger partial charge is 0.497 e. The fraction of sp³-hybridized carbons (Fsp3) is 0.346. The standard InChI is InChI=1S/C26H28ClN3O4/c1-6-29-22-13-21(27)16(11-19(22)15(2)14-26(29,3)4)12-20-23(31)28-25(33)30(24(20)32)17-7-9-18(34-5)10-8-17/h7-13,15H,6,14H2,1-5H3,(H,28,31,33)/b20-12-. The van der Waals surface area contributed by atoms with Gasteiger partial charge in [-0.1, -0.05) is 18.5 Å². The summed E-state index contributed by atoms with van der Waals surface area (Å²) < 4.78 is 5.14. The summed E-state index contributed by atoms with van der Waals surface area (Å²) >= 11 is 6.65. The van der Waals surface area contributed by atoms with Crippen LogP contribution in [0.3, 0.4) is 0 Å². The smallest absolute Gasteiger partial charge is 0.335 e. The molecule has 0 aromatic heterocycles. The minimum absolute atomic E-state index is 0.0110. The molecular weight excluding hydrogens is 454 g/mol. The normalized spacial score (nSPS) is 20.9. The molecular formula is C26H28ClN3O4. The lowest BCUT2D eigenvalue weighted by atomic mass is 9.79. The molecule has 2 aliphatic heterocycles. The summed E-state index contributed by atoms with van der Waals surface area (Å²) in [7, 11) is 1.52. The van der Waals surface area contributed by atoms with E-state index < -0.39 is 17.8 Å². The lowest BCUT2D eigenvalue weighted by molar-refractivity contribution is -0.122. The van der Waals surface area contributed by atoms with Gasteiger partial charge in [0.1, 0.15) is 11.3 Å². The van der Waals surface area contributed by atoms with Gasteiger partial charge in [-0.2, -0.15) is 0 Å². The minimum atomic E-state index is -0.803. The summed E-state index contributed by atoms with van der Waals surface area (Å²) in [5.74, 6) is -0.606. The van der Waals surface area contributed by atoms with Gasteiger partial charge in [-0.3, -0.25) is 14.9 Å². The van der Waals surface area contributed by atoms with E-state index in [-0.39, 0.29) is 17.0 Å². The van der Waals surface area contributed by atoms with Crippen LogP contribution in [-0.2, 0) is 9.59 Å². The van der Waals surface area contributed by atoms with E-state index in [0.717, 1.165) is 29.1 Å². The van der Waals surface area contributed by atoms with Crippen molar-refractivity contribution in [2.45, 2.75) is 45.6 Å². The van der Waals surface area contributed by atoms with Crippen molar-refractivity contribution in [2.75, 3.05) is 23.5 Å². The number of carbonyl (C=O) groups is 3. The molecule has 1 unspecified atom stereocenters. The van der Waals surface area contributed by atoms with Gasteiger partial charge in [0.2, 0.25) is 0 Å². The lowest BCUT2D eigenvalue weighted by Crippen LogP contribution is -2.54. The van der Waals surface area contributed by atoms with Crippen molar-refractivity contribution in [3.05, 3.63) is 58.1 Å². The van der Waals surface area contributed by atoms with Gasteiger partial charge in [0, 0.05) is 22.8 Å². The summed E-state index contributed by atoms with van der Waals surface area (Å²) in [5, 5.41) is 2.68. The zero-order valence-corrected chi connectivity index (χ0v) is 20.7. The van der Waals surface area contributed by atoms with E-state index in [0.29, 0.717) is 22.0 Å². The zero-order valence-electron chi connectivity index (χ0n) is 19.9. The minimum Gasteiger partial charge on any atom is -0.497 e. The molecule has 0 aliphatic carbocycles. The van der Waals surface area contributed by atoms with Crippen LogP contribution in [0.4, 0.5) is 16.2 Å². The van der Waals surface area contributed by atoms with Gasteiger partial charge in [-0.15, -0.1) is 0 Å². The van der Waals surface area contributed by atoms with E-state index in [1.54, 1.807) is 24.3 Å². The number of ether oxygens (including phenoxy) is 1. The van der Waals surface area contributed by atoms with Gasteiger partial charge >= 0.3 is 6.03 Å². The Hall–Kier alpha value is -3.32. The van der Waals surface area contributed by atoms with Crippen LogP contribution in [0.25, 0.3) is 6.08 Å². The molecule has 0 radical (unpaired) electrons. The Bertz CT molecular complexity index is 1200. The molecule has 2 aromatic carbocycles. The predicted molar refractivity (Wildman–Crippen MR) is 134 cm³/mol. The third-order valence-electron chi connectivity index (χ3n) is 6.55. The Balaban J connectivity index is 1.75. The number of fused-ring (bicyclic) bond motifs is 1. The number of rotatable bonds is 4. The van der Waals surface area contributed by atoms with Crippen LogP contribution in [0.2, 0.25) is 5.02 Å². The van der Waals surface area contributed by atoms with Gasteiger partial charge in [-0.25, -0.2) is 9.69 Å². The van der Waals surface area contributed by atoms with Crippen LogP contribution in [0, 0.1) is 0 Å². The van der Waals surface area contributed by atoms with Crippen LogP contribution in [0.5, 0.6) is 5.75 Å². The fourth-order valence-corrected chi connectivity index (χ4v) is 5.22. The highest BCUT2D eigenvalue weighted by Crippen LogP contribution is 2.45. The van der Waals surface area contributed by atoms with Gasteiger partial charge in [0.25, 0.3) is 11.8 Å². The number of halogens is 1.